The van der Waals surface area contributed by atoms with E-state index in [1.165, 1.54) is 0 Å². The van der Waals surface area contributed by atoms with Crippen LogP contribution in [0.1, 0.15) is 45.4 Å². The number of hydrogen-bond acceptors (Lipinski definition) is 4. The summed E-state index contributed by atoms with van der Waals surface area (Å²) in [5.41, 5.74) is 1.64. The normalized spacial score (nSPS) is 29.3. The van der Waals surface area contributed by atoms with Gasteiger partial charge in [-0.2, -0.15) is 5.10 Å². The largest absolute Gasteiger partial charge is 0.481 e. The van der Waals surface area contributed by atoms with Gasteiger partial charge in [0.05, 0.1) is 5.41 Å². The first kappa shape index (κ1) is 15.5. The first-order valence-electron chi connectivity index (χ1n) is 7.30. The second-order valence-corrected chi connectivity index (χ2v) is 6.04. The third kappa shape index (κ3) is 3.59. The molecule has 1 aliphatic heterocycles. The number of rotatable bonds is 4. The molecule has 1 fully saturated rings. The van der Waals surface area contributed by atoms with E-state index in [0.29, 0.717) is 18.8 Å². The van der Waals surface area contributed by atoms with Gasteiger partial charge in [-0.05, 0) is 31.6 Å². The molecule has 1 heterocycles. The lowest BCUT2D eigenvalue weighted by atomic mass is 9.71. The maximum Gasteiger partial charge on any atom is 0.311 e. The maximum atomic E-state index is 12.0. The lowest BCUT2D eigenvalue weighted by molar-refractivity contribution is -0.151. The smallest absolute Gasteiger partial charge is 0.311 e. The van der Waals surface area contributed by atoms with E-state index >= 15 is 0 Å². The Kier molecular flexibility index (Phi) is 4.59. The average Bonchev–Trinajstić information content (AvgIpc) is 2.47. The molecule has 0 aromatic heterocycles. The molecule has 0 unspecified atom stereocenters. The standard InChI is InChI=1S/C14H21N3O4/c1-9-4-6-14(7-5-9,13(20)21)8-15-12(19)10-2-3-11(18)17-16-10/h9H,2-8H2,1H3,(H,15,19)(H,17,18)(H,20,21). The quantitative estimate of drug-likeness (QED) is 0.707. The minimum absolute atomic E-state index is 0.112. The molecule has 1 saturated carbocycles. The molecule has 0 saturated heterocycles. The fraction of sp³-hybridized carbons (Fsp3) is 0.714. The number of hydrogen-bond donors (Lipinski definition) is 3. The van der Waals surface area contributed by atoms with E-state index in [2.05, 4.69) is 22.8 Å². The average molecular weight is 295 g/mol. The van der Waals surface area contributed by atoms with Crippen molar-refractivity contribution in [1.29, 1.82) is 0 Å². The minimum atomic E-state index is -0.874. The van der Waals surface area contributed by atoms with Crippen LogP contribution in [0.5, 0.6) is 0 Å². The molecule has 2 amide bonds. The summed E-state index contributed by atoms with van der Waals surface area (Å²) in [6.45, 7) is 2.23. The molecular formula is C14H21N3O4. The fourth-order valence-electron chi connectivity index (χ4n) is 2.77. The van der Waals surface area contributed by atoms with Gasteiger partial charge in [-0.3, -0.25) is 14.4 Å². The summed E-state index contributed by atoms with van der Waals surface area (Å²) in [5, 5.41) is 15.9. The van der Waals surface area contributed by atoms with E-state index in [9.17, 15) is 19.5 Å². The van der Waals surface area contributed by atoms with E-state index < -0.39 is 17.3 Å². The minimum Gasteiger partial charge on any atom is -0.481 e. The monoisotopic (exact) mass is 295 g/mol. The third-order valence-electron chi connectivity index (χ3n) is 4.44. The van der Waals surface area contributed by atoms with Crippen molar-refractivity contribution in [2.24, 2.45) is 16.4 Å². The number of nitrogens with one attached hydrogen (secondary N) is 2. The predicted molar refractivity (Wildman–Crippen MR) is 75.5 cm³/mol. The number of hydrazone groups is 1. The van der Waals surface area contributed by atoms with Crippen LogP contribution < -0.4 is 10.7 Å². The highest BCUT2D eigenvalue weighted by Gasteiger charge is 2.41. The zero-order chi connectivity index (χ0) is 15.5. The first-order chi connectivity index (χ1) is 9.93. The van der Waals surface area contributed by atoms with Crippen LogP contribution >= 0.6 is 0 Å². The molecule has 0 aromatic carbocycles. The van der Waals surface area contributed by atoms with Crippen molar-refractivity contribution in [2.75, 3.05) is 6.54 Å². The van der Waals surface area contributed by atoms with E-state index in [-0.39, 0.29) is 31.0 Å². The summed E-state index contributed by atoms with van der Waals surface area (Å²) < 4.78 is 0. The molecule has 3 N–H and O–H groups in total. The first-order valence-corrected chi connectivity index (χ1v) is 7.30. The van der Waals surface area contributed by atoms with Crippen LogP contribution in [0.2, 0.25) is 0 Å². The van der Waals surface area contributed by atoms with Gasteiger partial charge in [0.15, 0.2) is 0 Å². The lowest BCUT2D eigenvalue weighted by Crippen LogP contribution is -2.47. The van der Waals surface area contributed by atoms with Gasteiger partial charge < -0.3 is 10.4 Å². The Bertz CT molecular complexity index is 479. The van der Waals surface area contributed by atoms with Crippen molar-refractivity contribution in [2.45, 2.75) is 45.4 Å². The van der Waals surface area contributed by atoms with Crippen molar-refractivity contribution < 1.29 is 19.5 Å². The van der Waals surface area contributed by atoms with Gasteiger partial charge in [0.25, 0.3) is 5.91 Å². The number of carbonyl (C=O) groups excluding carboxylic acids is 2. The molecule has 2 rings (SSSR count). The van der Waals surface area contributed by atoms with Crippen LogP contribution in [0.4, 0.5) is 0 Å². The van der Waals surface area contributed by atoms with Crippen molar-refractivity contribution in [3.8, 4) is 0 Å². The summed E-state index contributed by atoms with van der Waals surface area (Å²) in [5.74, 6) is -0.927. The topological polar surface area (TPSA) is 108 Å². The van der Waals surface area contributed by atoms with Crippen LogP contribution in [0.25, 0.3) is 0 Å². The Balaban J connectivity index is 1.95. The fourth-order valence-corrected chi connectivity index (χ4v) is 2.77. The molecule has 2 aliphatic rings. The van der Waals surface area contributed by atoms with Crippen molar-refractivity contribution >= 4 is 23.5 Å². The molecule has 0 aromatic rings. The molecule has 0 atom stereocenters. The Morgan fingerprint density at radius 2 is 2.05 bits per heavy atom. The van der Waals surface area contributed by atoms with E-state index in [0.717, 1.165) is 12.8 Å². The van der Waals surface area contributed by atoms with Gasteiger partial charge in [0.1, 0.15) is 5.71 Å². The predicted octanol–water partition coefficient (Wildman–Crippen LogP) is 0.650. The Labute approximate surface area is 123 Å². The van der Waals surface area contributed by atoms with Crippen molar-refractivity contribution in [1.82, 2.24) is 10.7 Å². The number of carbonyl (C=O) groups is 3. The summed E-state index contributed by atoms with van der Waals surface area (Å²) in [4.78, 5) is 34.5. The highest BCUT2D eigenvalue weighted by Crippen LogP contribution is 2.38. The number of nitrogens with zero attached hydrogens (tertiary/aromatic N) is 1. The molecule has 116 valence electrons. The molecule has 21 heavy (non-hydrogen) atoms. The highest BCUT2D eigenvalue weighted by atomic mass is 16.4. The summed E-state index contributed by atoms with van der Waals surface area (Å²) in [6, 6.07) is 0. The van der Waals surface area contributed by atoms with Crippen LogP contribution in [0.15, 0.2) is 5.10 Å². The molecule has 1 aliphatic carbocycles. The zero-order valence-electron chi connectivity index (χ0n) is 12.1. The van der Waals surface area contributed by atoms with Gasteiger partial charge in [0.2, 0.25) is 5.91 Å². The third-order valence-corrected chi connectivity index (χ3v) is 4.44. The molecule has 7 heteroatoms. The van der Waals surface area contributed by atoms with Crippen LogP contribution in [-0.2, 0) is 14.4 Å². The maximum absolute atomic E-state index is 12.0. The van der Waals surface area contributed by atoms with Gasteiger partial charge in [-0.15, -0.1) is 0 Å². The molecule has 7 nitrogen and oxygen atoms in total. The summed E-state index contributed by atoms with van der Waals surface area (Å²) in [7, 11) is 0. The summed E-state index contributed by atoms with van der Waals surface area (Å²) >= 11 is 0. The van der Waals surface area contributed by atoms with Gasteiger partial charge in [-0.1, -0.05) is 6.92 Å². The zero-order valence-corrected chi connectivity index (χ0v) is 12.1. The Morgan fingerprint density at radius 3 is 2.57 bits per heavy atom. The van der Waals surface area contributed by atoms with E-state index in [1.807, 2.05) is 0 Å². The number of carboxylic acid groups (broad SMARTS) is 1. The second kappa shape index (κ2) is 6.24. The second-order valence-electron chi connectivity index (χ2n) is 6.04. The Morgan fingerprint density at radius 1 is 1.38 bits per heavy atom. The summed E-state index contributed by atoms with van der Waals surface area (Å²) in [6.07, 6.45) is 3.39. The molecule has 0 spiro atoms. The number of amides is 2. The van der Waals surface area contributed by atoms with Gasteiger partial charge >= 0.3 is 5.97 Å². The molecule has 0 bridgehead atoms. The van der Waals surface area contributed by atoms with E-state index in [4.69, 9.17) is 0 Å². The number of aliphatic carboxylic acids is 1. The van der Waals surface area contributed by atoms with Crippen LogP contribution in [0, 0.1) is 11.3 Å². The highest BCUT2D eigenvalue weighted by molar-refractivity contribution is 6.39. The van der Waals surface area contributed by atoms with Gasteiger partial charge in [-0.25, -0.2) is 5.43 Å². The van der Waals surface area contributed by atoms with Crippen LogP contribution in [0.3, 0.4) is 0 Å². The lowest BCUT2D eigenvalue weighted by Gasteiger charge is -2.35. The Hall–Kier alpha value is -1.92. The molecule has 0 radical (unpaired) electrons. The van der Waals surface area contributed by atoms with Gasteiger partial charge in [0, 0.05) is 19.4 Å². The van der Waals surface area contributed by atoms with E-state index in [1.54, 1.807) is 0 Å². The van der Waals surface area contributed by atoms with Crippen molar-refractivity contribution in [3.05, 3.63) is 0 Å². The molecular weight excluding hydrogens is 274 g/mol. The SMILES string of the molecule is CC1CCC(CNC(=O)C2=NNC(=O)CC2)(C(=O)O)CC1. The van der Waals surface area contributed by atoms with Crippen molar-refractivity contribution in [3.63, 3.8) is 0 Å². The van der Waals surface area contributed by atoms with Crippen LogP contribution in [-0.4, -0.2) is 35.1 Å². The number of carboxylic acids is 1.